The van der Waals surface area contributed by atoms with Crippen LogP contribution in [0.25, 0.3) is 0 Å². The van der Waals surface area contributed by atoms with Crippen molar-refractivity contribution in [1.82, 2.24) is 5.16 Å². The van der Waals surface area contributed by atoms with Gasteiger partial charge >= 0.3 is 5.97 Å². The van der Waals surface area contributed by atoms with E-state index < -0.39 is 17.9 Å². The second-order valence-electron chi connectivity index (χ2n) is 4.00. The summed E-state index contributed by atoms with van der Waals surface area (Å²) in [4.78, 5) is 25.1. The van der Waals surface area contributed by atoms with Crippen molar-refractivity contribution in [2.45, 2.75) is 33.7 Å². The number of hydrogen-bond donors (Lipinski definition) is 0. The minimum Gasteiger partial charge on any atom is -0.464 e. The fourth-order valence-electron chi connectivity index (χ4n) is 1.79. The average Bonchev–Trinajstić information content (AvgIpc) is 2.70. The van der Waals surface area contributed by atoms with Gasteiger partial charge in [0.25, 0.3) is 0 Å². The van der Waals surface area contributed by atoms with E-state index in [4.69, 9.17) is 20.9 Å². The van der Waals surface area contributed by atoms with Crippen molar-refractivity contribution in [2.24, 2.45) is 0 Å². The number of rotatable bonds is 5. The van der Waals surface area contributed by atoms with E-state index in [1.165, 1.54) is 4.90 Å². The summed E-state index contributed by atoms with van der Waals surface area (Å²) in [5.41, 5.74) is 0.985. The Morgan fingerprint density at radius 3 is 2.53 bits per heavy atom. The van der Waals surface area contributed by atoms with Gasteiger partial charge in [-0.15, -0.1) is 11.6 Å². The Kier molecular flexibility index (Phi) is 5.35. The molecule has 1 heterocycles. The predicted octanol–water partition coefficient (Wildman–Crippen LogP) is 1.81. The smallest absolute Gasteiger partial charge is 0.328 e. The van der Waals surface area contributed by atoms with Crippen molar-refractivity contribution in [2.75, 3.05) is 17.4 Å². The fourth-order valence-corrected chi connectivity index (χ4v) is 1.92. The number of anilines is 1. The van der Waals surface area contributed by atoms with Crippen LogP contribution in [-0.2, 0) is 14.3 Å². The van der Waals surface area contributed by atoms with E-state index in [0.717, 1.165) is 0 Å². The minimum absolute atomic E-state index is 0.242. The number of aryl methyl sites for hydroxylation is 2. The quantitative estimate of drug-likeness (QED) is 0.610. The monoisotopic (exact) mass is 288 g/mol. The van der Waals surface area contributed by atoms with E-state index in [-0.39, 0.29) is 12.5 Å². The SMILES string of the molecule is CCOC(=O)[C@H](C)N(C(=O)CCl)c1c(C)noc1C. The molecule has 0 aliphatic heterocycles. The van der Waals surface area contributed by atoms with Gasteiger partial charge in [0.05, 0.1) is 6.61 Å². The molecule has 6 nitrogen and oxygen atoms in total. The van der Waals surface area contributed by atoms with E-state index in [0.29, 0.717) is 17.1 Å². The molecule has 0 aromatic carbocycles. The molecule has 0 unspecified atom stereocenters. The lowest BCUT2D eigenvalue weighted by atomic mass is 10.2. The van der Waals surface area contributed by atoms with Crippen LogP contribution in [0.3, 0.4) is 0 Å². The Morgan fingerprint density at radius 1 is 1.47 bits per heavy atom. The van der Waals surface area contributed by atoms with Crippen molar-refractivity contribution in [3.63, 3.8) is 0 Å². The Labute approximate surface area is 116 Å². The highest BCUT2D eigenvalue weighted by Gasteiger charge is 2.32. The van der Waals surface area contributed by atoms with E-state index in [1.807, 2.05) is 0 Å². The van der Waals surface area contributed by atoms with Gasteiger partial charge in [-0.05, 0) is 27.7 Å². The van der Waals surface area contributed by atoms with Crippen LogP contribution in [0.1, 0.15) is 25.3 Å². The Hall–Kier alpha value is -1.56. The maximum Gasteiger partial charge on any atom is 0.328 e. The van der Waals surface area contributed by atoms with Gasteiger partial charge in [-0.2, -0.15) is 0 Å². The molecule has 7 heteroatoms. The molecule has 0 aliphatic rings. The van der Waals surface area contributed by atoms with Gasteiger partial charge in [0.15, 0.2) is 5.76 Å². The molecule has 0 spiro atoms. The molecular weight excluding hydrogens is 272 g/mol. The highest BCUT2D eigenvalue weighted by molar-refractivity contribution is 6.29. The van der Waals surface area contributed by atoms with Crippen molar-refractivity contribution >= 4 is 29.2 Å². The summed E-state index contributed by atoms with van der Waals surface area (Å²) in [7, 11) is 0. The van der Waals surface area contributed by atoms with Crippen LogP contribution in [0.4, 0.5) is 5.69 Å². The molecule has 0 saturated heterocycles. The number of hydrogen-bond acceptors (Lipinski definition) is 5. The predicted molar refractivity (Wildman–Crippen MR) is 70.3 cm³/mol. The number of amides is 1. The van der Waals surface area contributed by atoms with Crippen LogP contribution in [0, 0.1) is 13.8 Å². The van der Waals surface area contributed by atoms with Crippen LogP contribution in [0.15, 0.2) is 4.52 Å². The molecule has 1 atom stereocenters. The van der Waals surface area contributed by atoms with E-state index >= 15 is 0 Å². The Bertz CT molecular complexity index is 453. The largest absolute Gasteiger partial charge is 0.464 e. The van der Waals surface area contributed by atoms with Gasteiger partial charge in [-0.1, -0.05) is 5.16 Å². The van der Waals surface area contributed by atoms with Gasteiger partial charge in [0.2, 0.25) is 5.91 Å². The highest BCUT2D eigenvalue weighted by Crippen LogP contribution is 2.26. The fraction of sp³-hybridized carbons (Fsp3) is 0.583. The van der Waals surface area contributed by atoms with Gasteiger partial charge in [0, 0.05) is 0 Å². The minimum atomic E-state index is -0.789. The summed E-state index contributed by atoms with van der Waals surface area (Å²) in [6.45, 7) is 6.89. The molecule has 1 aromatic rings. The van der Waals surface area contributed by atoms with Crippen LogP contribution < -0.4 is 4.90 Å². The zero-order valence-corrected chi connectivity index (χ0v) is 12.2. The zero-order chi connectivity index (χ0) is 14.6. The summed E-state index contributed by atoms with van der Waals surface area (Å²) in [5, 5.41) is 3.78. The van der Waals surface area contributed by atoms with Crippen molar-refractivity contribution in [3.8, 4) is 0 Å². The number of carbonyl (C=O) groups is 2. The van der Waals surface area contributed by atoms with Crippen LogP contribution in [0.5, 0.6) is 0 Å². The van der Waals surface area contributed by atoms with Crippen LogP contribution >= 0.6 is 11.6 Å². The first-order valence-electron chi connectivity index (χ1n) is 5.91. The maximum atomic E-state index is 12.0. The molecule has 1 aromatic heterocycles. The first kappa shape index (κ1) is 15.5. The number of alkyl halides is 1. The molecule has 1 rings (SSSR count). The lowest BCUT2D eigenvalue weighted by Crippen LogP contribution is -2.45. The summed E-state index contributed by atoms with van der Waals surface area (Å²) in [5.74, 6) is -0.696. The molecule has 0 aliphatic carbocycles. The third-order valence-electron chi connectivity index (χ3n) is 2.63. The standard InChI is InChI=1S/C12H17ClN2O4/c1-5-18-12(17)8(3)15(10(16)6-13)11-7(2)14-19-9(11)4/h8H,5-6H2,1-4H3/t8-/m0/s1. The molecule has 0 radical (unpaired) electrons. The van der Waals surface area contributed by atoms with Gasteiger partial charge in [-0.25, -0.2) is 4.79 Å². The number of aromatic nitrogens is 1. The molecule has 106 valence electrons. The number of nitrogens with zero attached hydrogens (tertiary/aromatic N) is 2. The third kappa shape index (κ3) is 3.26. The third-order valence-corrected chi connectivity index (χ3v) is 2.86. The second kappa shape index (κ2) is 6.56. The normalized spacial score (nSPS) is 12.1. The molecule has 0 N–H and O–H groups in total. The first-order chi connectivity index (χ1) is 8.93. The van der Waals surface area contributed by atoms with Gasteiger partial charge in [0.1, 0.15) is 23.3 Å². The van der Waals surface area contributed by atoms with Gasteiger partial charge in [-0.3, -0.25) is 9.69 Å². The van der Waals surface area contributed by atoms with E-state index in [9.17, 15) is 9.59 Å². The highest BCUT2D eigenvalue weighted by atomic mass is 35.5. The summed E-state index contributed by atoms with van der Waals surface area (Å²) < 4.78 is 9.95. The van der Waals surface area contributed by atoms with Crippen LogP contribution in [-0.4, -0.2) is 35.6 Å². The molecule has 0 bridgehead atoms. The maximum absolute atomic E-state index is 12.0. The molecule has 1 amide bonds. The Balaban J connectivity index is 3.16. The first-order valence-corrected chi connectivity index (χ1v) is 6.45. The molecule has 0 saturated carbocycles. The summed E-state index contributed by atoms with van der Waals surface area (Å²) in [6.07, 6.45) is 0. The molecule has 19 heavy (non-hydrogen) atoms. The van der Waals surface area contributed by atoms with Crippen molar-refractivity contribution < 1.29 is 18.8 Å². The zero-order valence-electron chi connectivity index (χ0n) is 11.4. The summed E-state index contributed by atoms with van der Waals surface area (Å²) >= 11 is 5.60. The average molecular weight is 289 g/mol. The van der Waals surface area contributed by atoms with Crippen LogP contribution in [0.2, 0.25) is 0 Å². The lowest BCUT2D eigenvalue weighted by Gasteiger charge is -2.26. The van der Waals surface area contributed by atoms with Crippen molar-refractivity contribution in [1.29, 1.82) is 0 Å². The molecule has 0 fully saturated rings. The second-order valence-corrected chi connectivity index (χ2v) is 4.27. The topological polar surface area (TPSA) is 72.6 Å². The van der Waals surface area contributed by atoms with E-state index in [2.05, 4.69) is 5.16 Å². The Morgan fingerprint density at radius 2 is 2.11 bits per heavy atom. The van der Waals surface area contributed by atoms with Crippen molar-refractivity contribution in [3.05, 3.63) is 11.5 Å². The number of carbonyl (C=O) groups excluding carboxylic acids is 2. The lowest BCUT2D eigenvalue weighted by molar-refractivity contribution is -0.145. The number of ether oxygens (including phenoxy) is 1. The summed E-state index contributed by atoms with van der Waals surface area (Å²) in [6, 6.07) is -0.789. The molecular formula is C12H17ClN2O4. The van der Waals surface area contributed by atoms with E-state index in [1.54, 1.807) is 27.7 Å². The van der Waals surface area contributed by atoms with Gasteiger partial charge < -0.3 is 9.26 Å². The number of esters is 1. The number of halogens is 1.